The summed E-state index contributed by atoms with van der Waals surface area (Å²) in [6.45, 7) is 1.69. The quantitative estimate of drug-likeness (QED) is 0.936. The highest BCUT2D eigenvalue weighted by atomic mass is 79.9. The van der Waals surface area contributed by atoms with Gasteiger partial charge in [0.05, 0.1) is 17.3 Å². The van der Waals surface area contributed by atoms with Crippen LogP contribution in [0.4, 0.5) is 0 Å². The Morgan fingerprint density at radius 3 is 2.83 bits per heavy atom. The highest BCUT2D eigenvalue weighted by Crippen LogP contribution is 2.30. The summed E-state index contributed by atoms with van der Waals surface area (Å²) in [5, 5.41) is 9.50. The van der Waals surface area contributed by atoms with Crippen LogP contribution in [0.2, 0.25) is 5.02 Å². The summed E-state index contributed by atoms with van der Waals surface area (Å²) in [6, 6.07) is 5.47. The largest absolute Gasteiger partial charge is 0.423 e. The Kier molecular flexibility index (Phi) is 4.16. The van der Waals surface area contributed by atoms with Crippen molar-refractivity contribution in [2.45, 2.75) is 13.5 Å². The summed E-state index contributed by atoms with van der Waals surface area (Å²) >= 11 is 9.34. The fourth-order valence-electron chi connectivity index (χ4n) is 1.33. The summed E-state index contributed by atoms with van der Waals surface area (Å²) in [5.41, 5.74) is 1.35. The number of aliphatic hydroxyl groups is 1. The Morgan fingerprint density at radius 2 is 2.22 bits per heavy atom. The zero-order chi connectivity index (χ0) is 13.1. The predicted molar refractivity (Wildman–Crippen MR) is 71.9 cm³/mol. The van der Waals surface area contributed by atoms with Crippen molar-refractivity contribution in [3.05, 3.63) is 45.1 Å². The number of aromatic nitrogens is 2. The van der Waals surface area contributed by atoms with Crippen LogP contribution >= 0.6 is 27.5 Å². The number of halogens is 2. The van der Waals surface area contributed by atoms with Gasteiger partial charge in [-0.05, 0) is 25.1 Å². The number of rotatable bonds is 3. The molecule has 2 aromatic rings. The van der Waals surface area contributed by atoms with E-state index < -0.39 is 0 Å². The molecule has 0 radical (unpaired) electrons. The first-order valence-electron chi connectivity index (χ1n) is 5.16. The summed E-state index contributed by atoms with van der Waals surface area (Å²) in [5.74, 6) is 0.482. The van der Waals surface area contributed by atoms with E-state index in [0.29, 0.717) is 22.0 Å². The lowest BCUT2D eigenvalue weighted by atomic mass is 10.3. The molecule has 0 saturated heterocycles. The van der Waals surface area contributed by atoms with Crippen LogP contribution in [0.1, 0.15) is 11.3 Å². The first-order chi connectivity index (χ1) is 8.60. The topological polar surface area (TPSA) is 55.2 Å². The molecule has 0 aliphatic rings. The van der Waals surface area contributed by atoms with E-state index in [4.69, 9.17) is 21.4 Å². The minimum Gasteiger partial charge on any atom is -0.423 e. The molecule has 0 spiro atoms. The van der Waals surface area contributed by atoms with Crippen molar-refractivity contribution >= 4 is 27.5 Å². The molecule has 0 atom stereocenters. The molecule has 6 heteroatoms. The van der Waals surface area contributed by atoms with E-state index in [2.05, 4.69) is 25.9 Å². The van der Waals surface area contributed by atoms with Gasteiger partial charge in [0.25, 0.3) is 0 Å². The molecule has 0 amide bonds. The molecule has 1 heterocycles. The van der Waals surface area contributed by atoms with E-state index in [9.17, 15) is 0 Å². The van der Waals surface area contributed by atoms with E-state index in [1.54, 1.807) is 19.1 Å². The minimum absolute atomic E-state index is 0.0921. The summed E-state index contributed by atoms with van der Waals surface area (Å²) in [4.78, 5) is 8.14. The van der Waals surface area contributed by atoms with Gasteiger partial charge < -0.3 is 9.84 Å². The summed E-state index contributed by atoms with van der Waals surface area (Å²) < 4.78 is 6.36. The van der Waals surface area contributed by atoms with Crippen molar-refractivity contribution in [3.63, 3.8) is 0 Å². The molecule has 2 rings (SSSR count). The molecular formula is C12H10BrClN2O2. The van der Waals surface area contributed by atoms with Crippen molar-refractivity contribution < 1.29 is 9.84 Å². The minimum atomic E-state index is -0.0921. The number of benzene rings is 1. The average Bonchev–Trinajstić information content (AvgIpc) is 2.33. The SMILES string of the molecule is Cc1nc(Oc2ccc(Br)cc2Cl)ncc1CO. The molecule has 4 nitrogen and oxygen atoms in total. The maximum absolute atomic E-state index is 9.03. The molecule has 0 aliphatic heterocycles. The van der Waals surface area contributed by atoms with Crippen molar-refractivity contribution in [1.82, 2.24) is 9.97 Å². The van der Waals surface area contributed by atoms with Gasteiger partial charge in [0.1, 0.15) is 5.75 Å². The molecule has 94 valence electrons. The maximum atomic E-state index is 9.03. The fourth-order valence-corrected chi connectivity index (χ4v) is 2.04. The van der Waals surface area contributed by atoms with Crippen LogP contribution in [0.3, 0.4) is 0 Å². The van der Waals surface area contributed by atoms with Gasteiger partial charge in [0.2, 0.25) is 0 Å². The van der Waals surface area contributed by atoms with Crippen LogP contribution in [-0.4, -0.2) is 15.1 Å². The third-order valence-corrected chi connectivity index (χ3v) is 3.11. The maximum Gasteiger partial charge on any atom is 0.322 e. The van der Waals surface area contributed by atoms with Crippen molar-refractivity contribution in [3.8, 4) is 11.8 Å². The zero-order valence-corrected chi connectivity index (χ0v) is 11.9. The molecule has 0 saturated carbocycles. The molecule has 1 aromatic carbocycles. The normalized spacial score (nSPS) is 10.4. The number of hydrogen-bond donors (Lipinski definition) is 1. The zero-order valence-electron chi connectivity index (χ0n) is 9.52. The molecule has 1 aromatic heterocycles. The highest BCUT2D eigenvalue weighted by Gasteiger charge is 2.07. The van der Waals surface area contributed by atoms with E-state index in [-0.39, 0.29) is 12.6 Å². The van der Waals surface area contributed by atoms with Crippen LogP contribution < -0.4 is 4.74 Å². The standard InChI is InChI=1S/C12H10BrClN2O2/c1-7-8(6-17)5-15-12(16-7)18-11-3-2-9(13)4-10(11)14/h2-5,17H,6H2,1H3. The molecule has 0 unspecified atom stereocenters. The fraction of sp³-hybridized carbons (Fsp3) is 0.167. The Balaban J connectivity index is 2.26. The Bertz CT molecular complexity index is 578. The Morgan fingerprint density at radius 1 is 1.44 bits per heavy atom. The summed E-state index contributed by atoms with van der Waals surface area (Å²) in [6.07, 6.45) is 1.53. The lowest BCUT2D eigenvalue weighted by molar-refractivity contribution is 0.279. The van der Waals surface area contributed by atoms with Crippen molar-refractivity contribution in [2.75, 3.05) is 0 Å². The monoisotopic (exact) mass is 328 g/mol. The highest BCUT2D eigenvalue weighted by molar-refractivity contribution is 9.10. The van der Waals surface area contributed by atoms with Crippen LogP contribution in [0.5, 0.6) is 11.8 Å². The smallest absolute Gasteiger partial charge is 0.322 e. The third-order valence-electron chi connectivity index (χ3n) is 2.32. The Labute approximate surface area is 118 Å². The van der Waals surface area contributed by atoms with E-state index >= 15 is 0 Å². The number of nitrogens with zero attached hydrogens (tertiary/aromatic N) is 2. The van der Waals surface area contributed by atoms with E-state index in [1.165, 1.54) is 6.20 Å². The molecule has 18 heavy (non-hydrogen) atoms. The molecule has 0 bridgehead atoms. The van der Waals surface area contributed by atoms with Gasteiger partial charge in [-0.2, -0.15) is 4.98 Å². The number of aryl methyl sites for hydroxylation is 1. The van der Waals surface area contributed by atoms with Gasteiger partial charge in [-0.15, -0.1) is 0 Å². The van der Waals surface area contributed by atoms with Crippen LogP contribution in [0, 0.1) is 6.92 Å². The second-order valence-corrected chi connectivity index (χ2v) is 4.92. The first-order valence-corrected chi connectivity index (χ1v) is 6.33. The van der Waals surface area contributed by atoms with Gasteiger partial charge >= 0.3 is 6.01 Å². The van der Waals surface area contributed by atoms with Gasteiger partial charge in [-0.3, -0.25) is 0 Å². The van der Waals surface area contributed by atoms with Gasteiger partial charge in [0.15, 0.2) is 0 Å². The van der Waals surface area contributed by atoms with Gasteiger partial charge in [-0.25, -0.2) is 4.98 Å². The third kappa shape index (κ3) is 2.98. The second kappa shape index (κ2) is 5.65. The first kappa shape index (κ1) is 13.3. The second-order valence-electron chi connectivity index (χ2n) is 3.60. The average molecular weight is 330 g/mol. The summed E-state index contributed by atoms with van der Waals surface area (Å²) in [7, 11) is 0. The van der Waals surface area contributed by atoms with Crippen LogP contribution in [0.25, 0.3) is 0 Å². The molecule has 0 aliphatic carbocycles. The van der Waals surface area contributed by atoms with E-state index in [1.807, 2.05) is 6.07 Å². The van der Waals surface area contributed by atoms with Crippen LogP contribution in [-0.2, 0) is 6.61 Å². The van der Waals surface area contributed by atoms with E-state index in [0.717, 1.165) is 4.47 Å². The number of ether oxygens (including phenoxy) is 1. The lowest BCUT2D eigenvalue weighted by Gasteiger charge is -2.07. The van der Waals surface area contributed by atoms with Gasteiger partial charge in [-0.1, -0.05) is 27.5 Å². The molecule has 0 fully saturated rings. The Hall–Kier alpha value is -1.17. The number of hydrogen-bond acceptors (Lipinski definition) is 4. The van der Waals surface area contributed by atoms with Crippen LogP contribution in [0.15, 0.2) is 28.9 Å². The lowest BCUT2D eigenvalue weighted by Crippen LogP contribution is -1.98. The number of aliphatic hydroxyl groups excluding tert-OH is 1. The molecule has 1 N–H and O–H groups in total. The predicted octanol–water partition coefficient (Wildman–Crippen LogP) is 3.49. The van der Waals surface area contributed by atoms with Crippen molar-refractivity contribution in [2.24, 2.45) is 0 Å². The van der Waals surface area contributed by atoms with Gasteiger partial charge in [0, 0.05) is 16.2 Å². The van der Waals surface area contributed by atoms with Crippen molar-refractivity contribution in [1.29, 1.82) is 0 Å². The molecular weight excluding hydrogens is 320 g/mol.